The number of anilines is 1. The second-order valence-corrected chi connectivity index (χ2v) is 7.06. The van der Waals surface area contributed by atoms with Crippen molar-refractivity contribution in [1.82, 2.24) is 4.98 Å². The van der Waals surface area contributed by atoms with Crippen molar-refractivity contribution in [3.63, 3.8) is 0 Å². The summed E-state index contributed by atoms with van der Waals surface area (Å²) in [6.45, 7) is 0. The van der Waals surface area contributed by atoms with Crippen molar-refractivity contribution in [3.05, 3.63) is 68.4 Å². The van der Waals surface area contributed by atoms with Gasteiger partial charge >= 0.3 is 0 Å². The minimum Gasteiger partial charge on any atom is -0.253 e. The van der Waals surface area contributed by atoms with E-state index < -0.39 is 0 Å². The zero-order valence-electron chi connectivity index (χ0n) is 11.3. The third kappa shape index (κ3) is 3.82. The molecule has 0 unspecified atom stereocenters. The Bertz CT molecular complexity index is 797. The topological polar surface area (TPSA) is 37.3 Å². The van der Waals surface area contributed by atoms with Gasteiger partial charge in [-0.15, -0.1) is 11.3 Å². The minimum absolute atomic E-state index is 0.765. The Hall–Kier alpha value is -1.50. The van der Waals surface area contributed by atoms with Crippen molar-refractivity contribution >= 4 is 54.5 Å². The van der Waals surface area contributed by atoms with Gasteiger partial charge in [0.1, 0.15) is 0 Å². The molecule has 110 valence electrons. The maximum absolute atomic E-state index is 4.53. The van der Waals surface area contributed by atoms with E-state index >= 15 is 0 Å². The fourth-order valence-corrected chi connectivity index (χ4v) is 3.14. The molecule has 0 spiro atoms. The summed E-state index contributed by atoms with van der Waals surface area (Å²) < 4.78 is 2.07. The predicted octanol–water partition coefficient (Wildman–Crippen LogP) is 5.78. The van der Waals surface area contributed by atoms with Crippen LogP contribution in [0, 0.1) is 0 Å². The molecule has 0 saturated carbocycles. The number of hydrogen-bond donors (Lipinski definition) is 1. The summed E-state index contributed by atoms with van der Waals surface area (Å²) in [6, 6.07) is 16.0. The van der Waals surface area contributed by atoms with Gasteiger partial charge in [-0.2, -0.15) is 5.10 Å². The second-order valence-electron chi connectivity index (χ2n) is 4.44. The summed E-state index contributed by atoms with van der Waals surface area (Å²) in [6.07, 6.45) is 1.77. The van der Waals surface area contributed by atoms with Crippen LogP contribution in [0.5, 0.6) is 0 Å². The molecule has 0 amide bonds. The van der Waals surface area contributed by atoms with Crippen molar-refractivity contribution in [2.45, 2.75) is 0 Å². The number of aromatic nitrogens is 1. The average Bonchev–Trinajstić information content (AvgIpc) is 2.99. The van der Waals surface area contributed by atoms with Gasteiger partial charge in [-0.1, -0.05) is 62.2 Å². The van der Waals surface area contributed by atoms with Crippen molar-refractivity contribution < 1.29 is 0 Å². The van der Waals surface area contributed by atoms with E-state index in [2.05, 4.69) is 47.4 Å². The van der Waals surface area contributed by atoms with Gasteiger partial charge < -0.3 is 0 Å². The van der Waals surface area contributed by atoms with Crippen LogP contribution < -0.4 is 5.43 Å². The molecule has 0 aliphatic rings. The standard InChI is InChI=1S/C16H11Br2N3S/c17-13-7-5-11(6-8-13)15-10-22-16(20-15)21-19-9-12-3-1-2-4-14(12)18/h1-10H,(H,20,21)/b19-9-. The van der Waals surface area contributed by atoms with Crippen molar-refractivity contribution in [2.24, 2.45) is 5.10 Å². The number of halogens is 2. The SMILES string of the molecule is Brc1ccc(-c2csc(N/N=C\c3ccccc3Br)n2)cc1. The molecule has 6 heteroatoms. The monoisotopic (exact) mass is 435 g/mol. The van der Waals surface area contributed by atoms with E-state index in [1.54, 1.807) is 6.21 Å². The van der Waals surface area contributed by atoms with Crippen LogP contribution in [-0.2, 0) is 0 Å². The first-order valence-electron chi connectivity index (χ1n) is 6.47. The molecule has 0 fully saturated rings. The summed E-state index contributed by atoms with van der Waals surface area (Å²) in [5.41, 5.74) is 6.01. The largest absolute Gasteiger partial charge is 0.253 e. The Kier molecular flexibility index (Phi) is 5.02. The van der Waals surface area contributed by atoms with Crippen molar-refractivity contribution in [2.75, 3.05) is 5.43 Å². The maximum atomic E-state index is 4.53. The zero-order valence-corrected chi connectivity index (χ0v) is 15.3. The van der Waals surface area contributed by atoms with Gasteiger partial charge in [-0.3, -0.25) is 5.43 Å². The molecule has 22 heavy (non-hydrogen) atoms. The third-order valence-corrected chi connectivity index (χ3v) is 4.91. The highest BCUT2D eigenvalue weighted by Crippen LogP contribution is 2.26. The van der Waals surface area contributed by atoms with Crippen LogP contribution in [0.4, 0.5) is 5.13 Å². The van der Waals surface area contributed by atoms with Gasteiger partial charge in [0.2, 0.25) is 5.13 Å². The molecule has 1 aromatic heterocycles. The van der Waals surface area contributed by atoms with Crippen molar-refractivity contribution in [3.8, 4) is 11.3 Å². The van der Waals surface area contributed by atoms with E-state index in [1.165, 1.54) is 11.3 Å². The zero-order chi connectivity index (χ0) is 15.4. The maximum Gasteiger partial charge on any atom is 0.203 e. The van der Waals surface area contributed by atoms with Gasteiger partial charge in [-0.05, 0) is 18.2 Å². The van der Waals surface area contributed by atoms with Gasteiger partial charge in [0.05, 0.1) is 11.9 Å². The number of nitrogens with one attached hydrogen (secondary N) is 1. The van der Waals surface area contributed by atoms with E-state index in [9.17, 15) is 0 Å². The second kappa shape index (κ2) is 7.17. The summed E-state index contributed by atoms with van der Waals surface area (Å²) in [5.74, 6) is 0. The van der Waals surface area contributed by atoms with Crippen LogP contribution >= 0.6 is 43.2 Å². The van der Waals surface area contributed by atoms with Crippen molar-refractivity contribution in [1.29, 1.82) is 0 Å². The Labute approximate surface area is 149 Å². The first-order chi connectivity index (χ1) is 10.7. The Morgan fingerprint density at radius 1 is 1.05 bits per heavy atom. The molecular formula is C16H11Br2N3S. The van der Waals surface area contributed by atoms with Crippen LogP contribution in [-0.4, -0.2) is 11.2 Å². The molecule has 0 saturated heterocycles. The number of hydrogen-bond acceptors (Lipinski definition) is 4. The number of nitrogens with zero attached hydrogens (tertiary/aromatic N) is 2. The minimum atomic E-state index is 0.765. The molecular weight excluding hydrogens is 426 g/mol. The van der Waals surface area contributed by atoms with E-state index in [1.807, 2.05) is 53.9 Å². The Balaban J connectivity index is 1.70. The van der Waals surface area contributed by atoms with Gasteiger partial charge in [0.15, 0.2) is 0 Å². The predicted molar refractivity (Wildman–Crippen MR) is 101 cm³/mol. The van der Waals surface area contributed by atoms with Gasteiger partial charge in [-0.25, -0.2) is 4.98 Å². The molecule has 3 nitrogen and oxygen atoms in total. The van der Waals surface area contributed by atoms with E-state index in [-0.39, 0.29) is 0 Å². The number of benzene rings is 2. The van der Waals surface area contributed by atoms with Crippen LogP contribution in [0.15, 0.2) is 68.0 Å². The first kappa shape index (κ1) is 15.4. The highest BCUT2D eigenvalue weighted by Gasteiger charge is 2.03. The molecule has 0 aliphatic heterocycles. The highest BCUT2D eigenvalue weighted by molar-refractivity contribution is 9.10. The lowest BCUT2D eigenvalue weighted by molar-refractivity contribution is 1.29. The third-order valence-electron chi connectivity index (χ3n) is 2.91. The molecule has 1 heterocycles. The van der Waals surface area contributed by atoms with Gasteiger partial charge in [0.25, 0.3) is 0 Å². The number of thiazole rings is 1. The molecule has 0 bridgehead atoms. The van der Waals surface area contributed by atoms with Crippen LogP contribution in [0.1, 0.15) is 5.56 Å². The lowest BCUT2D eigenvalue weighted by Gasteiger charge is -1.98. The quantitative estimate of drug-likeness (QED) is 0.415. The lowest BCUT2D eigenvalue weighted by Crippen LogP contribution is -1.90. The molecule has 0 radical (unpaired) electrons. The normalized spacial score (nSPS) is 11.0. The van der Waals surface area contributed by atoms with Gasteiger partial charge in [0, 0.05) is 25.5 Å². The van der Waals surface area contributed by atoms with E-state index in [4.69, 9.17) is 0 Å². The van der Waals surface area contributed by atoms with E-state index in [0.29, 0.717) is 0 Å². The average molecular weight is 437 g/mol. The number of rotatable bonds is 4. The molecule has 0 aliphatic carbocycles. The highest BCUT2D eigenvalue weighted by atomic mass is 79.9. The fourth-order valence-electron chi connectivity index (χ4n) is 1.82. The summed E-state index contributed by atoms with van der Waals surface area (Å²) >= 11 is 8.45. The molecule has 3 aromatic rings. The molecule has 1 N–H and O–H groups in total. The lowest BCUT2D eigenvalue weighted by atomic mass is 10.2. The number of hydrazone groups is 1. The summed E-state index contributed by atoms with van der Waals surface area (Å²) in [5, 5.41) is 7.01. The fraction of sp³-hybridized carbons (Fsp3) is 0. The summed E-state index contributed by atoms with van der Waals surface area (Å²) in [4.78, 5) is 4.53. The van der Waals surface area contributed by atoms with Crippen LogP contribution in [0.25, 0.3) is 11.3 Å². The molecule has 2 aromatic carbocycles. The first-order valence-corrected chi connectivity index (χ1v) is 8.94. The Morgan fingerprint density at radius 2 is 1.82 bits per heavy atom. The van der Waals surface area contributed by atoms with E-state index in [0.717, 1.165) is 30.9 Å². The van der Waals surface area contributed by atoms with Crippen LogP contribution in [0.3, 0.4) is 0 Å². The molecule has 3 rings (SSSR count). The van der Waals surface area contributed by atoms with Crippen LogP contribution in [0.2, 0.25) is 0 Å². The smallest absolute Gasteiger partial charge is 0.203 e. The summed E-state index contributed by atoms with van der Waals surface area (Å²) in [7, 11) is 0. The molecule has 0 atom stereocenters. The Morgan fingerprint density at radius 3 is 2.59 bits per heavy atom.